The lowest BCUT2D eigenvalue weighted by Gasteiger charge is -2.07. The first-order valence-corrected chi connectivity index (χ1v) is 9.32. The van der Waals surface area contributed by atoms with Crippen LogP contribution in [0.4, 0.5) is 0 Å². The van der Waals surface area contributed by atoms with Crippen molar-refractivity contribution < 1.29 is 14.3 Å². The van der Waals surface area contributed by atoms with Crippen molar-refractivity contribution in [1.29, 1.82) is 0 Å². The summed E-state index contributed by atoms with van der Waals surface area (Å²) in [6.45, 7) is 6.44. The number of hydrogen-bond donors (Lipinski definition) is 1. The molecule has 6 heteroatoms. The molecule has 1 heterocycles. The number of carbonyl (C=O) groups excluding carboxylic acids is 2. The third kappa shape index (κ3) is 6.31. The number of aromatic nitrogens is 1. The van der Waals surface area contributed by atoms with Gasteiger partial charge in [-0.15, -0.1) is 11.3 Å². The summed E-state index contributed by atoms with van der Waals surface area (Å²) in [6, 6.07) is 8.25. The Morgan fingerprint density at radius 3 is 2.60 bits per heavy atom. The first-order valence-electron chi connectivity index (χ1n) is 8.44. The molecule has 0 bridgehead atoms. The first-order chi connectivity index (χ1) is 12.0. The van der Waals surface area contributed by atoms with Gasteiger partial charge in [0.05, 0.1) is 12.1 Å². The third-order valence-corrected chi connectivity index (χ3v) is 4.50. The highest BCUT2D eigenvalue weighted by Gasteiger charge is 2.12. The maximum atomic E-state index is 11.8. The van der Waals surface area contributed by atoms with Crippen LogP contribution in [0.25, 0.3) is 10.6 Å². The van der Waals surface area contributed by atoms with Gasteiger partial charge in [0.25, 0.3) is 5.91 Å². The molecule has 2 aromatic rings. The molecular weight excluding hydrogens is 336 g/mol. The van der Waals surface area contributed by atoms with Crippen molar-refractivity contribution in [3.05, 3.63) is 40.9 Å². The number of thiazole rings is 1. The molecule has 1 aromatic carbocycles. The zero-order valence-corrected chi connectivity index (χ0v) is 15.7. The molecule has 0 saturated carbocycles. The minimum absolute atomic E-state index is 0.0704. The second kappa shape index (κ2) is 9.32. The molecule has 0 unspecified atom stereocenters. The zero-order chi connectivity index (χ0) is 18.2. The van der Waals surface area contributed by atoms with Gasteiger partial charge in [0.1, 0.15) is 5.01 Å². The molecule has 2 rings (SSSR count). The fourth-order valence-corrected chi connectivity index (χ4v) is 2.94. The Morgan fingerprint density at radius 2 is 1.96 bits per heavy atom. The molecular formula is C19H24N2O3S. The van der Waals surface area contributed by atoms with E-state index in [0.29, 0.717) is 18.2 Å². The number of amides is 1. The van der Waals surface area contributed by atoms with E-state index in [4.69, 9.17) is 4.74 Å². The van der Waals surface area contributed by atoms with E-state index in [0.717, 1.165) is 17.0 Å². The molecule has 5 nitrogen and oxygen atoms in total. The number of hydrogen-bond acceptors (Lipinski definition) is 5. The predicted molar refractivity (Wildman–Crippen MR) is 99.4 cm³/mol. The average Bonchev–Trinajstić information content (AvgIpc) is 3.06. The number of rotatable bonds is 8. The maximum Gasteiger partial charge on any atom is 0.312 e. The standard InChI is InChI=1S/C19H24N2O3S/c1-4-14-5-7-15(8-6-14)19-21-16(12-25-19)9-18(23)24-11-17(22)20-10-13(2)3/h5-8,12-13H,4,9-11H2,1-3H3,(H,20,22). The fourth-order valence-electron chi connectivity index (χ4n) is 2.12. The molecule has 0 fully saturated rings. The highest BCUT2D eigenvalue weighted by Crippen LogP contribution is 2.24. The summed E-state index contributed by atoms with van der Waals surface area (Å²) in [4.78, 5) is 27.9. The Labute approximate surface area is 152 Å². The lowest BCUT2D eigenvalue weighted by Crippen LogP contribution is -2.31. The number of aryl methyl sites for hydroxylation is 1. The maximum absolute atomic E-state index is 11.8. The summed E-state index contributed by atoms with van der Waals surface area (Å²) in [5.41, 5.74) is 2.97. The molecule has 0 spiro atoms. The first kappa shape index (κ1) is 19.1. The molecule has 1 aromatic heterocycles. The third-order valence-electron chi connectivity index (χ3n) is 3.56. The Morgan fingerprint density at radius 1 is 1.24 bits per heavy atom. The Hall–Kier alpha value is -2.21. The topological polar surface area (TPSA) is 68.3 Å². The summed E-state index contributed by atoms with van der Waals surface area (Å²) in [5.74, 6) is -0.366. The molecule has 1 amide bonds. The van der Waals surface area contributed by atoms with Gasteiger partial charge in [0.2, 0.25) is 0 Å². The average molecular weight is 360 g/mol. The molecule has 25 heavy (non-hydrogen) atoms. The lowest BCUT2D eigenvalue weighted by atomic mass is 10.1. The molecule has 0 saturated heterocycles. The van der Waals surface area contributed by atoms with Gasteiger partial charge in [0.15, 0.2) is 6.61 Å². The normalized spacial score (nSPS) is 10.7. The summed E-state index contributed by atoms with van der Waals surface area (Å²) in [6.07, 6.45) is 1.07. The van der Waals surface area contributed by atoms with Crippen LogP contribution in [-0.4, -0.2) is 30.0 Å². The summed E-state index contributed by atoms with van der Waals surface area (Å²) < 4.78 is 5.00. The number of esters is 1. The van der Waals surface area contributed by atoms with Crippen molar-refractivity contribution in [2.24, 2.45) is 5.92 Å². The van der Waals surface area contributed by atoms with Gasteiger partial charge in [0, 0.05) is 17.5 Å². The van der Waals surface area contributed by atoms with Gasteiger partial charge >= 0.3 is 5.97 Å². The summed E-state index contributed by atoms with van der Waals surface area (Å²) in [7, 11) is 0. The van der Waals surface area contributed by atoms with Crippen LogP contribution in [0.15, 0.2) is 29.6 Å². The number of benzene rings is 1. The monoisotopic (exact) mass is 360 g/mol. The highest BCUT2D eigenvalue weighted by atomic mass is 32.1. The second-order valence-corrected chi connectivity index (χ2v) is 7.09. The van der Waals surface area contributed by atoms with Crippen molar-refractivity contribution in [2.45, 2.75) is 33.6 Å². The van der Waals surface area contributed by atoms with Crippen LogP contribution in [0.5, 0.6) is 0 Å². The zero-order valence-electron chi connectivity index (χ0n) is 14.9. The number of nitrogens with one attached hydrogen (secondary N) is 1. The SMILES string of the molecule is CCc1ccc(-c2nc(CC(=O)OCC(=O)NCC(C)C)cs2)cc1. The lowest BCUT2D eigenvalue weighted by molar-refractivity contribution is -0.147. The van der Waals surface area contributed by atoms with Gasteiger partial charge in [-0.3, -0.25) is 9.59 Å². The Bertz CT molecular complexity index is 708. The molecule has 0 aliphatic rings. The van der Waals surface area contributed by atoms with Crippen LogP contribution < -0.4 is 5.32 Å². The van der Waals surface area contributed by atoms with E-state index in [1.54, 1.807) is 0 Å². The van der Waals surface area contributed by atoms with Crippen molar-refractivity contribution >= 4 is 23.2 Å². The van der Waals surface area contributed by atoms with E-state index in [9.17, 15) is 9.59 Å². The summed E-state index contributed by atoms with van der Waals surface area (Å²) in [5, 5.41) is 5.43. The van der Waals surface area contributed by atoms with Gasteiger partial charge < -0.3 is 10.1 Å². The van der Waals surface area contributed by atoms with Crippen LogP contribution in [-0.2, 0) is 27.2 Å². The van der Waals surface area contributed by atoms with E-state index >= 15 is 0 Å². The number of ether oxygens (including phenoxy) is 1. The minimum atomic E-state index is -0.446. The van der Waals surface area contributed by atoms with Crippen LogP contribution in [0.3, 0.4) is 0 Å². The van der Waals surface area contributed by atoms with E-state index in [-0.39, 0.29) is 18.9 Å². The van der Waals surface area contributed by atoms with Gasteiger partial charge in [-0.05, 0) is 17.9 Å². The predicted octanol–water partition coefficient (Wildman–Crippen LogP) is 3.23. The van der Waals surface area contributed by atoms with Crippen LogP contribution >= 0.6 is 11.3 Å². The van der Waals surface area contributed by atoms with Crippen molar-refractivity contribution in [1.82, 2.24) is 10.3 Å². The highest BCUT2D eigenvalue weighted by molar-refractivity contribution is 7.13. The fraction of sp³-hybridized carbons (Fsp3) is 0.421. The van der Waals surface area contributed by atoms with E-state index in [1.165, 1.54) is 16.9 Å². The van der Waals surface area contributed by atoms with Gasteiger partial charge in [-0.25, -0.2) is 4.98 Å². The molecule has 0 aliphatic heterocycles. The summed E-state index contributed by atoms with van der Waals surface area (Å²) >= 11 is 1.50. The van der Waals surface area contributed by atoms with Crippen molar-refractivity contribution in [3.8, 4) is 10.6 Å². The van der Waals surface area contributed by atoms with E-state index in [2.05, 4.69) is 29.4 Å². The van der Waals surface area contributed by atoms with Crippen LogP contribution in [0, 0.1) is 5.92 Å². The largest absolute Gasteiger partial charge is 0.455 e. The Kier molecular flexibility index (Phi) is 7.13. The molecule has 0 atom stereocenters. The van der Waals surface area contributed by atoms with E-state index < -0.39 is 5.97 Å². The van der Waals surface area contributed by atoms with Crippen molar-refractivity contribution in [3.63, 3.8) is 0 Å². The van der Waals surface area contributed by atoms with E-state index in [1.807, 2.05) is 31.4 Å². The van der Waals surface area contributed by atoms with Crippen LogP contribution in [0.2, 0.25) is 0 Å². The van der Waals surface area contributed by atoms with Crippen LogP contribution in [0.1, 0.15) is 32.0 Å². The molecule has 134 valence electrons. The molecule has 0 aliphatic carbocycles. The number of nitrogens with zero attached hydrogens (tertiary/aromatic N) is 1. The Balaban J connectivity index is 1.83. The minimum Gasteiger partial charge on any atom is -0.455 e. The number of carbonyl (C=O) groups is 2. The van der Waals surface area contributed by atoms with Crippen molar-refractivity contribution in [2.75, 3.05) is 13.2 Å². The molecule has 1 N–H and O–H groups in total. The quantitative estimate of drug-likeness (QED) is 0.734. The van der Waals surface area contributed by atoms with Gasteiger partial charge in [-0.1, -0.05) is 45.0 Å². The second-order valence-electron chi connectivity index (χ2n) is 6.23. The molecule has 0 radical (unpaired) electrons. The van der Waals surface area contributed by atoms with Gasteiger partial charge in [-0.2, -0.15) is 0 Å². The smallest absolute Gasteiger partial charge is 0.312 e.